The Morgan fingerprint density at radius 3 is 2.26 bits per heavy atom. The van der Waals surface area contributed by atoms with Gasteiger partial charge in [-0.3, -0.25) is 4.79 Å². The van der Waals surface area contributed by atoms with Gasteiger partial charge in [-0.15, -0.1) is 0 Å². The molecule has 1 aliphatic rings. The van der Waals surface area contributed by atoms with Crippen LogP contribution < -0.4 is 5.73 Å². The number of aryl methyl sites for hydroxylation is 1. The van der Waals surface area contributed by atoms with Crippen LogP contribution in [0.15, 0.2) is 24.3 Å². The first kappa shape index (κ1) is 18.0. The van der Waals surface area contributed by atoms with Crippen molar-refractivity contribution in [2.75, 3.05) is 13.7 Å². The maximum Gasteiger partial charge on any atom is 0.305 e. The average molecular weight is 317 g/mol. The maximum atomic E-state index is 11.1. The van der Waals surface area contributed by atoms with Crippen molar-refractivity contribution in [1.29, 1.82) is 0 Å². The Hall–Kier alpha value is -1.35. The second-order valence-electron chi connectivity index (χ2n) is 6.93. The summed E-state index contributed by atoms with van der Waals surface area (Å²) in [6, 6.07) is 9.06. The van der Waals surface area contributed by atoms with Crippen LogP contribution in [0.3, 0.4) is 0 Å². The molecule has 0 unspecified atom stereocenters. The van der Waals surface area contributed by atoms with E-state index in [1.807, 2.05) is 0 Å². The maximum absolute atomic E-state index is 11.1. The summed E-state index contributed by atoms with van der Waals surface area (Å²) in [5.74, 6) is 1.49. The number of carbonyl (C=O) groups excluding carboxylic acids is 1. The molecule has 0 heterocycles. The fourth-order valence-corrected chi connectivity index (χ4v) is 3.55. The summed E-state index contributed by atoms with van der Waals surface area (Å²) in [5, 5.41) is 0. The van der Waals surface area contributed by atoms with E-state index < -0.39 is 0 Å². The van der Waals surface area contributed by atoms with Crippen LogP contribution >= 0.6 is 0 Å². The lowest BCUT2D eigenvalue weighted by molar-refractivity contribution is -0.140. The number of hydrogen-bond donors (Lipinski definition) is 1. The summed E-state index contributed by atoms with van der Waals surface area (Å²) in [6.45, 7) is 0.859. The van der Waals surface area contributed by atoms with Crippen LogP contribution in [0.2, 0.25) is 0 Å². The Balaban J connectivity index is 1.69. The van der Waals surface area contributed by atoms with Gasteiger partial charge in [0, 0.05) is 6.42 Å². The van der Waals surface area contributed by atoms with E-state index in [0.29, 0.717) is 6.42 Å². The molecule has 0 bridgehead atoms. The van der Waals surface area contributed by atoms with Crippen molar-refractivity contribution in [2.24, 2.45) is 17.6 Å². The molecule has 0 amide bonds. The van der Waals surface area contributed by atoms with Crippen molar-refractivity contribution in [2.45, 2.75) is 57.8 Å². The Kier molecular flexibility index (Phi) is 7.60. The fraction of sp³-hybridized carbons (Fsp3) is 0.650. The second-order valence-corrected chi connectivity index (χ2v) is 6.93. The van der Waals surface area contributed by atoms with Gasteiger partial charge in [0.2, 0.25) is 0 Å². The number of hydrogen-bond acceptors (Lipinski definition) is 3. The number of esters is 1. The van der Waals surface area contributed by atoms with Gasteiger partial charge in [0.05, 0.1) is 7.11 Å². The van der Waals surface area contributed by atoms with E-state index in [4.69, 9.17) is 5.73 Å². The zero-order valence-electron chi connectivity index (χ0n) is 14.4. The zero-order chi connectivity index (χ0) is 16.5. The normalized spacial score (nSPS) is 21.1. The smallest absolute Gasteiger partial charge is 0.305 e. The lowest BCUT2D eigenvalue weighted by atomic mass is 9.79. The van der Waals surface area contributed by atoms with Gasteiger partial charge in [-0.05, 0) is 80.9 Å². The van der Waals surface area contributed by atoms with E-state index in [1.54, 1.807) is 0 Å². The summed E-state index contributed by atoms with van der Waals surface area (Å²) in [6.07, 6.45) is 9.99. The molecular formula is C20H31NO2. The Labute approximate surface area is 140 Å². The molecule has 0 spiro atoms. The predicted octanol–water partition coefficient (Wildman–Crippen LogP) is 3.88. The van der Waals surface area contributed by atoms with E-state index in [9.17, 15) is 4.79 Å². The van der Waals surface area contributed by atoms with Crippen LogP contribution in [-0.2, 0) is 22.4 Å². The van der Waals surface area contributed by atoms with Crippen LogP contribution in [0.4, 0.5) is 0 Å². The number of rotatable bonds is 8. The third-order valence-electron chi connectivity index (χ3n) is 5.17. The minimum atomic E-state index is -0.107. The van der Waals surface area contributed by atoms with Crippen molar-refractivity contribution in [3.63, 3.8) is 0 Å². The number of nitrogens with two attached hydrogens (primary N) is 1. The zero-order valence-corrected chi connectivity index (χ0v) is 14.4. The molecule has 2 rings (SSSR count). The van der Waals surface area contributed by atoms with Crippen LogP contribution in [0, 0.1) is 11.8 Å². The number of ether oxygens (including phenoxy) is 1. The van der Waals surface area contributed by atoms with Crippen LogP contribution in [-0.4, -0.2) is 19.6 Å². The summed E-state index contributed by atoms with van der Waals surface area (Å²) in [7, 11) is 1.45. The van der Waals surface area contributed by atoms with Gasteiger partial charge < -0.3 is 10.5 Å². The summed E-state index contributed by atoms with van der Waals surface area (Å²) < 4.78 is 4.66. The fourth-order valence-electron chi connectivity index (χ4n) is 3.55. The van der Waals surface area contributed by atoms with Crippen molar-refractivity contribution in [3.05, 3.63) is 35.4 Å². The highest BCUT2D eigenvalue weighted by Gasteiger charge is 2.20. The topological polar surface area (TPSA) is 52.3 Å². The molecule has 0 radical (unpaired) electrons. The van der Waals surface area contributed by atoms with E-state index >= 15 is 0 Å². The van der Waals surface area contributed by atoms with Gasteiger partial charge in [-0.1, -0.05) is 24.3 Å². The predicted molar refractivity (Wildman–Crippen MR) is 94.2 cm³/mol. The van der Waals surface area contributed by atoms with Gasteiger partial charge in [0.15, 0.2) is 0 Å². The highest BCUT2D eigenvalue weighted by atomic mass is 16.5. The SMILES string of the molecule is COC(=O)CCCCc1ccc(CC2CCC(CN)CC2)cc1. The minimum Gasteiger partial charge on any atom is -0.469 e. The highest BCUT2D eigenvalue weighted by Crippen LogP contribution is 2.30. The first-order chi connectivity index (χ1) is 11.2. The molecule has 1 aromatic carbocycles. The molecule has 23 heavy (non-hydrogen) atoms. The molecule has 3 heteroatoms. The minimum absolute atomic E-state index is 0.107. The van der Waals surface area contributed by atoms with Crippen molar-refractivity contribution in [3.8, 4) is 0 Å². The quantitative estimate of drug-likeness (QED) is 0.585. The van der Waals surface area contributed by atoms with E-state index in [-0.39, 0.29) is 5.97 Å². The third-order valence-corrected chi connectivity index (χ3v) is 5.17. The first-order valence-corrected chi connectivity index (χ1v) is 9.06. The van der Waals surface area contributed by atoms with Crippen molar-refractivity contribution < 1.29 is 9.53 Å². The van der Waals surface area contributed by atoms with Crippen LogP contribution in [0.1, 0.15) is 56.1 Å². The number of carbonyl (C=O) groups is 1. The Morgan fingerprint density at radius 2 is 1.65 bits per heavy atom. The number of methoxy groups -OCH3 is 1. The van der Waals surface area contributed by atoms with Crippen LogP contribution in [0.25, 0.3) is 0 Å². The van der Waals surface area contributed by atoms with Gasteiger partial charge in [-0.25, -0.2) is 0 Å². The van der Waals surface area contributed by atoms with Crippen LogP contribution in [0.5, 0.6) is 0 Å². The molecule has 1 saturated carbocycles. The first-order valence-electron chi connectivity index (χ1n) is 9.06. The molecule has 2 N–H and O–H groups in total. The van der Waals surface area contributed by atoms with Gasteiger partial charge in [0.25, 0.3) is 0 Å². The van der Waals surface area contributed by atoms with Gasteiger partial charge in [-0.2, -0.15) is 0 Å². The average Bonchev–Trinajstić information content (AvgIpc) is 2.60. The van der Waals surface area contributed by atoms with Crippen molar-refractivity contribution in [1.82, 2.24) is 0 Å². The second kappa shape index (κ2) is 9.71. The number of unbranched alkanes of at least 4 members (excludes halogenated alkanes) is 1. The van der Waals surface area contributed by atoms with E-state index in [0.717, 1.165) is 37.6 Å². The largest absolute Gasteiger partial charge is 0.469 e. The molecular weight excluding hydrogens is 286 g/mol. The monoisotopic (exact) mass is 317 g/mol. The van der Waals surface area contributed by atoms with E-state index in [2.05, 4.69) is 29.0 Å². The molecule has 1 aromatic rings. The molecule has 0 aromatic heterocycles. The van der Waals surface area contributed by atoms with E-state index in [1.165, 1.54) is 50.3 Å². The molecule has 0 aliphatic heterocycles. The lowest BCUT2D eigenvalue weighted by Crippen LogP contribution is -2.22. The third kappa shape index (κ3) is 6.34. The molecule has 0 saturated heterocycles. The molecule has 3 nitrogen and oxygen atoms in total. The summed E-state index contributed by atoms with van der Waals surface area (Å²) in [5.41, 5.74) is 8.59. The molecule has 128 valence electrons. The standard InChI is InChI=1S/C20H31NO2/c1-23-20(22)5-3-2-4-16-6-8-17(9-7-16)14-18-10-12-19(15-21)13-11-18/h6-9,18-19H,2-5,10-15,21H2,1H3. The highest BCUT2D eigenvalue weighted by molar-refractivity contribution is 5.68. The summed E-state index contributed by atoms with van der Waals surface area (Å²) >= 11 is 0. The summed E-state index contributed by atoms with van der Waals surface area (Å²) in [4.78, 5) is 11.1. The van der Waals surface area contributed by atoms with Gasteiger partial charge >= 0.3 is 5.97 Å². The Bertz CT molecular complexity index is 461. The lowest BCUT2D eigenvalue weighted by Gasteiger charge is -2.27. The Morgan fingerprint density at radius 1 is 1.04 bits per heavy atom. The molecule has 1 fully saturated rings. The molecule has 1 aliphatic carbocycles. The van der Waals surface area contributed by atoms with Crippen molar-refractivity contribution >= 4 is 5.97 Å². The molecule has 0 atom stereocenters. The van der Waals surface area contributed by atoms with Gasteiger partial charge in [0.1, 0.15) is 0 Å². The number of benzene rings is 1.